The van der Waals surface area contributed by atoms with E-state index in [4.69, 9.17) is 13.9 Å². The van der Waals surface area contributed by atoms with Crippen LogP contribution < -0.4 is 15.4 Å². The number of carbonyl (C=O) groups excluding carboxylic acids is 1. The minimum Gasteiger partial charge on any atom is -0.494 e. The summed E-state index contributed by atoms with van der Waals surface area (Å²) in [4.78, 5) is 16.3. The molecule has 0 amide bonds. The second-order valence-electron chi connectivity index (χ2n) is 5.76. The molecule has 2 aromatic rings. The Morgan fingerprint density at radius 1 is 1.21 bits per heavy atom. The van der Waals surface area contributed by atoms with Crippen molar-refractivity contribution in [2.45, 2.75) is 33.9 Å². The molecule has 0 aliphatic rings. The SMILES string of the molecule is CCNC(=NCc1ccccc1OCC)NCc1cc(C(=O)OC)c(C)o1.I. The number of aliphatic imine (C=N–C) groups is 1. The molecule has 7 nitrogen and oxygen atoms in total. The number of methoxy groups -OCH3 is 1. The maximum Gasteiger partial charge on any atom is 0.341 e. The fraction of sp³-hybridized carbons (Fsp3) is 0.400. The van der Waals surface area contributed by atoms with Crippen LogP contribution >= 0.6 is 24.0 Å². The highest BCUT2D eigenvalue weighted by molar-refractivity contribution is 14.0. The molecule has 0 fully saturated rings. The zero-order valence-corrected chi connectivity index (χ0v) is 19.0. The molecule has 0 radical (unpaired) electrons. The van der Waals surface area contributed by atoms with E-state index in [9.17, 15) is 4.79 Å². The number of carbonyl (C=O) groups is 1. The van der Waals surface area contributed by atoms with Crippen LogP contribution in [0.15, 0.2) is 39.7 Å². The number of nitrogens with zero attached hydrogens (tertiary/aromatic N) is 1. The number of hydrogen-bond acceptors (Lipinski definition) is 5. The van der Waals surface area contributed by atoms with Crippen molar-refractivity contribution in [3.05, 3.63) is 53.0 Å². The number of benzene rings is 1. The Hall–Kier alpha value is -2.23. The van der Waals surface area contributed by atoms with Crippen molar-refractivity contribution < 1.29 is 18.7 Å². The van der Waals surface area contributed by atoms with Crippen molar-refractivity contribution in [2.24, 2.45) is 4.99 Å². The van der Waals surface area contributed by atoms with Crippen LogP contribution in [0.3, 0.4) is 0 Å². The third-order valence-corrected chi connectivity index (χ3v) is 3.83. The lowest BCUT2D eigenvalue weighted by atomic mass is 10.2. The predicted octanol–water partition coefficient (Wildman–Crippen LogP) is 3.65. The molecule has 0 aliphatic heterocycles. The summed E-state index contributed by atoms with van der Waals surface area (Å²) >= 11 is 0. The van der Waals surface area contributed by atoms with Crippen molar-refractivity contribution in [1.82, 2.24) is 10.6 Å². The van der Waals surface area contributed by atoms with Crippen molar-refractivity contribution in [3.63, 3.8) is 0 Å². The first-order chi connectivity index (χ1) is 13.1. The van der Waals surface area contributed by atoms with Crippen molar-refractivity contribution in [2.75, 3.05) is 20.3 Å². The van der Waals surface area contributed by atoms with E-state index in [1.54, 1.807) is 13.0 Å². The molecule has 0 aliphatic carbocycles. The number of para-hydroxylation sites is 1. The molecule has 1 heterocycles. The van der Waals surface area contributed by atoms with Gasteiger partial charge in [-0.3, -0.25) is 0 Å². The van der Waals surface area contributed by atoms with Crippen LogP contribution in [0, 0.1) is 6.92 Å². The number of esters is 1. The molecule has 0 saturated heterocycles. The lowest BCUT2D eigenvalue weighted by molar-refractivity contribution is 0.0599. The molecular weight excluding hydrogens is 473 g/mol. The van der Waals surface area contributed by atoms with E-state index in [1.165, 1.54) is 7.11 Å². The minimum atomic E-state index is -0.407. The first-order valence-corrected chi connectivity index (χ1v) is 8.99. The summed E-state index contributed by atoms with van der Waals surface area (Å²) < 4.78 is 16.0. The van der Waals surface area contributed by atoms with E-state index in [0.29, 0.717) is 42.7 Å². The summed E-state index contributed by atoms with van der Waals surface area (Å²) in [5.41, 5.74) is 1.44. The van der Waals surface area contributed by atoms with Gasteiger partial charge in [0.2, 0.25) is 0 Å². The van der Waals surface area contributed by atoms with E-state index in [2.05, 4.69) is 15.6 Å². The number of nitrogens with one attached hydrogen (secondary N) is 2. The molecule has 2 N–H and O–H groups in total. The summed E-state index contributed by atoms with van der Waals surface area (Å²) in [6, 6.07) is 9.53. The maximum absolute atomic E-state index is 11.7. The first-order valence-electron chi connectivity index (χ1n) is 8.99. The third-order valence-electron chi connectivity index (χ3n) is 3.83. The first kappa shape index (κ1) is 23.8. The molecule has 0 unspecified atom stereocenters. The molecule has 0 atom stereocenters. The fourth-order valence-electron chi connectivity index (χ4n) is 2.55. The predicted molar refractivity (Wildman–Crippen MR) is 119 cm³/mol. The zero-order valence-electron chi connectivity index (χ0n) is 16.7. The molecule has 0 bridgehead atoms. The number of rotatable bonds is 8. The lowest BCUT2D eigenvalue weighted by Crippen LogP contribution is -2.36. The summed E-state index contributed by atoms with van der Waals surface area (Å²) in [6.07, 6.45) is 0. The van der Waals surface area contributed by atoms with Crippen LogP contribution in [0.1, 0.15) is 41.3 Å². The van der Waals surface area contributed by atoms with Gasteiger partial charge in [0.25, 0.3) is 0 Å². The van der Waals surface area contributed by atoms with Gasteiger partial charge in [0.15, 0.2) is 5.96 Å². The summed E-state index contributed by atoms with van der Waals surface area (Å²) in [6.45, 7) is 7.91. The van der Waals surface area contributed by atoms with Crippen molar-refractivity contribution >= 4 is 35.9 Å². The normalized spacial score (nSPS) is 10.8. The highest BCUT2D eigenvalue weighted by Crippen LogP contribution is 2.19. The van der Waals surface area contributed by atoms with Gasteiger partial charge < -0.3 is 24.5 Å². The number of ether oxygens (including phenoxy) is 2. The van der Waals surface area contributed by atoms with E-state index in [-0.39, 0.29) is 24.0 Å². The molecule has 0 spiro atoms. The van der Waals surface area contributed by atoms with Gasteiger partial charge in [0.05, 0.1) is 26.8 Å². The monoisotopic (exact) mass is 501 g/mol. The van der Waals surface area contributed by atoms with Crippen LogP contribution in [0.2, 0.25) is 0 Å². The van der Waals surface area contributed by atoms with Gasteiger partial charge in [-0.25, -0.2) is 9.79 Å². The summed E-state index contributed by atoms with van der Waals surface area (Å²) in [5.74, 6) is 2.25. The Morgan fingerprint density at radius 3 is 2.64 bits per heavy atom. The molecule has 2 rings (SSSR count). The fourth-order valence-corrected chi connectivity index (χ4v) is 2.55. The van der Waals surface area contributed by atoms with Crippen LogP contribution in [0.25, 0.3) is 0 Å². The molecule has 1 aromatic heterocycles. The minimum absolute atomic E-state index is 0. The van der Waals surface area contributed by atoms with Gasteiger partial charge in [-0.2, -0.15) is 0 Å². The molecular formula is C20H28IN3O4. The van der Waals surface area contributed by atoms with Gasteiger partial charge in [-0.05, 0) is 32.9 Å². The smallest absolute Gasteiger partial charge is 0.341 e. The molecule has 28 heavy (non-hydrogen) atoms. The van der Waals surface area contributed by atoms with Gasteiger partial charge in [0.1, 0.15) is 22.8 Å². The van der Waals surface area contributed by atoms with Crippen LogP contribution in [0.4, 0.5) is 0 Å². The lowest BCUT2D eigenvalue weighted by Gasteiger charge is -2.12. The van der Waals surface area contributed by atoms with Crippen LogP contribution in [0.5, 0.6) is 5.75 Å². The van der Waals surface area contributed by atoms with E-state index in [1.807, 2.05) is 38.1 Å². The Labute approximate surface area is 182 Å². The Kier molecular flexibility index (Phi) is 10.4. The molecule has 8 heteroatoms. The summed E-state index contributed by atoms with van der Waals surface area (Å²) in [7, 11) is 1.35. The highest BCUT2D eigenvalue weighted by Gasteiger charge is 2.15. The molecule has 154 valence electrons. The Bertz CT molecular complexity index is 790. The molecule has 1 aromatic carbocycles. The van der Waals surface area contributed by atoms with Crippen LogP contribution in [-0.2, 0) is 17.8 Å². The maximum atomic E-state index is 11.7. The Balaban J connectivity index is 0.00000392. The quantitative estimate of drug-likeness (QED) is 0.249. The number of halogens is 1. The number of furan rings is 1. The van der Waals surface area contributed by atoms with E-state index >= 15 is 0 Å². The number of guanidine groups is 1. The van der Waals surface area contributed by atoms with Crippen molar-refractivity contribution in [3.8, 4) is 5.75 Å². The Morgan fingerprint density at radius 2 is 1.96 bits per heavy atom. The van der Waals surface area contributed by atoms with Gasteiger partial charge in [-0.1, -0.05) is 18.2 Å². The number of aryl methyl sites for hydroxylation is 1. The van der Waals surface area contributed by atoms with Gasteiger partial charge in [-0.15, -0.1) is 24.0 Å². The standard InChI is InChI=1S/C20H27N3O4.HI/c1-5-21-20(22-12-15-9-7-8-10-18(15)26-6-2)23-13-16-11-17(14(3)27-16)19(24)25-4;/h7-11H,5-6,12-13H2,1-4H3,(H2,21,22,23);1H. The second-order valence-corrected chi connectivity index (χ2v) is 5.76. The number of hydrogen-bond donors (Lipinski definition) is 2. The second kappa shape index (κ2) is 12.3. The molecule has 0 saturated carbocycles. The average Bonchev–Trinajstić information content (AvgIpc) is 3.05. The van der Waals surface area contributed by atoms with Crippen molar-refractivity contribution in [1.29, 1.82) is 0 Å². The van der Waals surface area contributed by atoms with E-state index < -0.39 is 5.97 Å². The van der Waals surface area contributed by atoms with E-state index in [0.717, 1.165) is 17.9 Å². The largest absolute Gasteiger partial charge is 0.494 e. The zero-order chi connectivity index (χ0) is 19.6. The van der Waals surface area contributed by atoms with Gasteiger partial charge >= 0.3 is 5.97 Å². The summed E-state index contributed by atoms with van der Waals surface area (Å²) in [5, 5.41) is 6.40. The highest BCUT2D eigenvalue weighted by atomic mass is 127. The third kappa shape index (κ3) is 6.74. The average molecular weight is 501 g/mol. The van der Waals surface area contributed by atoms with Gasteiger partial charge in [0, 0.05) is 12.1 Å². The van der Waals surface area contributed by atoms with Crippen LogP contribution in [-0.4, -0.2) is 32.2 Å². The topological polar surface area (TPSA) is 85.1 Å².